The topological polar surface area (TPSA) is 96.4 Å². The molecule has 1 unspecified atom stereocenters. The van der Waals surface area contributed by atoms with E-state index in [-0.39, 0.29) is 0 Å². The van der Waals surface area contributed by atoms with Crippen molar-refractivity contribution in [1.82, 2.24) is 0 Å². The summed E-state index contributed by atoms with van der Waals surface area (Å²) in [7, 11) is 0. The van der Waals surface area contributed by atoms with Crippen molar-refractivity contribution in [3.63, 3.8) is 0 Å². The monoisotopic (exact) mass is 296 g/mol. The molecule has 21 heavy (non-hydrogen) atoms. The van der Waals surface area contributed by atoms with Crippen molar-refractivity contribution in [2.45, 2.75) is 50.6 Å². The Hall–Kier alpha value is -0.820. The summed E-state index contributed by atoms with van der Waals surface area (Å²) in [5.41, 5.74) is -2.79. The molecule has 6 nitrogen and oxygen atoms in total. The van der Waals surface area contributed by atoms with E-state index in [1.165, 1.54) is 0 Å². The highest BCUT2D eigenvalue weighted by Gasteiger charge is 2.83. The summed E-state index contributed by atoms with van der Waals surface area (Å²) in [6.07, 6.45) is -1.03. The number of carbonyl (C=O) groups is 2. The molecule has 4 fully saturated rings. The van der Waals surface area contributed by atoms with E-state index in [1.54, 1.807) is 6.92 Å². The molecule has 2 aliphatic carbocycles. The van der Waals surface area contributed by atoms with E-state index in [0.29, 0.717) is 19.4 Å². The summed E-state index contributed by atoms with van der Waals surface area (Å²) in [5, 5.41) is 20.4. The zero-order chi connectivity index (χ0) is 15.2. The number of aliphatic hydroxyl groups excluding tert-OH is 2. The van der Waals surface area contributed by atoms with Crippen LogP contribution in [0, 0.1) is 16.7 Å². The van der Waals surface area contributed by atoms with Crippen LogP contribution in [0.5, 0.6) is 0 Å². The molecule has 2 aliphatic heterocycles. The summed E-state index contributed by atoms with van der Waals surface area (Å²) in [4.78, 5) is 25.1. The Labute approximate surface area is 122 Å². The lowest BCUT2D eigenvalue weighted by atomic mass is 9.50. The quantitative estimate of drug-likeness (QED) is 0.498. The van der Waals surface area contributed by atoms with Crippen molar-refractivity contribution in [2.75, 3.05) is 13.2 Å². The third-order valence-corrected chi connectivity index (χ3v) is 6.55. The van der Waals surface area contributed by atoms with Gasteiger partial charge in [0.15, 0.2) is 0 Å². The molecule has 7 atom stereocenters. The maximum atomic E-state index is 12.8. The molecule has 0 amide bonds. The number of epoxide rings is 1. The Morgan fingerprint density at radius 3 is 2.62 bits per heavy atom. The van der Waals surface area contributed by atoms with Crippen molar-refractivity contribution in [3.05, 3.63) is 0 Å². The van der Waals surface area contributed by atoms with Crippen LogP contribution in [0.25, 0.3) is 0 Å². The molecular formula is C15H20O6. The van der Waals surface area contributed by atoms with Gasteiger partial charge in [0.25, 0.3) is 0 Å². The molecule has 2 heterocycles. The first kappa shape index (κ1) is 13.8. The van der Waals surface area contributed by atoms with Crippen molar-refractivity contribution in [1.29, 1.82) is 0 Å². The molecule has 2 bridgehead atoms. The number of ether oxygens (including phenoxy) is 2. The molecule has 0 radical (unpaired) electrons. The highest BCUT2D eigenvalue weighted by Crippen LogP contribution is 2.70. The van der Waals surface area contributed by atoms with Crippen LogP contribution in [0.15, 0.2) is 0 Å². The van der Waals surface area contributed by atoms with Gasteiger partial charge in [0, 0.05) is 11.3 Å². The van der Waals surface area contributed by atoms with Crippen LogP contribution in [0.3, 0.4) is 0 Å². The Morgan fingerprint density at radius 1 is 1.38 bits per heavy atom. The lowest BCUT2D eigenvalue weighted by Crippen LogP contribution is -2.70. The number of fused-ring (bicyclic) bond motifs is 2. The van der Waals surface area contributed by atoms with Gasteiger partial charge in [0.05, 0.1) is 30.8 Å². The van der Waals surface area contributed by atoms with Gasteiger partial charge in [-0.15, -0.1) is 0 Å². The van der Waals surface area contributed by atoms with E-state index in [4.69, 9.17) is 9.47 Å². The van der Waals surface area contributed by atoms with Gasteiger partial charge in [0.2, 0.25) is 11.6 Å². The lowest BCUT2D eigenvalue weighted by molar-refractivity contribution is -0.232. The van der Waals surface area contributed by atoms with Crippen molar-refractivity contribution in [2.24, 2.45) is 16.7 Å². The standard InChI is InChI=1S/C15H20O6/c1-7-3-9-14(5-16,11(19)10(7)18)13(2)4-8(17)12(21-9)15(13)6-20-15/h7-9,12,16-17H,3-6H2,1-2H3/t7?,8-,9-,12-,13-,14-,15-/m1/s1. The van der Waals surface area contributed by atoms with Crippen LogP contribution in [-0.2, 0) is 19.1 Å². The summed E-state index contributed by atoms with van der Waals surface area (Å²) in [5.74, 6) is -1.41. The largest absolute Gasteiger partial charge is 0.395 e. The van der Waals surface area contributed by atoms with Gasteiger partial charge in [-0.25, -0.2) is 0 Å². The number of aliphatic hydroxyl groups is 2. The number of carbonyl (C=O) groups excluding carboxylic acids is 2. The molecule has 1 spiro atoms. The van der Waals surface area contributed by atoms with Crippen LogP contribution in [0.4, 0.5) is 0 Å². The first-order valence-corrected chi connectivity index (χ1v) is 7.51. The molecule has 6 heteroatoms. The predicted molar refractivity (Wildman–Crippen MR) is 69.4 cm³/mol. The molecule has 4 aliphatic rings. The van der Waals surface area contributed by atoms with Crippen molar-refractivity contribution >= 4 is 11.6 Å². The first-order valence-electron chi connectivity index (χ1n) is 7.51. The Balaban J connectivity index is 1.91. The third-order valence-electron chi connectivity index (χ3n) is 6.55. The zero-order valence-corrected chi connectivity index (χ0v) is 12.2. The molecule has 2 saturated carbocycles. The molecule has 0 aromatic rings. The van der Waals surface area contributed by atoms with Gasteiger partial charge in [-0.05, 0) is 12.8 Å². The van der Waals surface area contributed by atoms with E-state index in [0.717, 1.165) is 0 Å². The van der Waals surface area contributed by atoms with Crippen LogP contribution >= 0.6 is 0 Å². The molecular weight excluding hydrogens is 276 g/mol. The zero-order valence-electron chi connectivity index (χ0n) is 12.2. The molecule has 116 valence electrons. The maximum Gasteiger partial charge on any atom is 0.210 e. The molecule has 0 aromatic heterocycles. The Morgan fingerprint density at radius 2 is 2.05 bits per heavy atom. The smallest absolute Gasteiger partial charge is 0.210 e. The number of hydrogen-bond donors (Lipinski definition) is 2. The fourth-order valence-electron chi connectivity index (χ4n) is 5.17. The van der Waals surface area contributed by atoms with Crippen LogP contribution in [0.2, 0.25) is 0 Å². The molecule has 4 rings (SSSR count). The minimum Gasteiger partial charge on any atom is -0.395 e. The lowest BCUT2D eigenvalue weighted by Gasteiger charge is -2.56. The van der Waals surface area contributed by atoms with Gasteiger partial charge >= 0.3 is 0 Å². The minimum atomic E-state index is -1.29. The fraction of sp³-hybridized carbons (Fsp3) is 0.867. The van der Waals surface area contributed by atoms with Crippen LogP contribution < -0.4 is 0 Å². The molecule has 0 aromatic carbocycles. The number of rotatable bonds is 1. The second-order valence-corrected chi connectivity index (χ2v) is 7.29. The summed E-state index contributed by atoms with van der Waals surface area (Å²) in [6.45, 7) is 3.52. The Kier molecular flexibility index (Phi) is 2.46. The fourth-order valence-corrected chi connectivity index (χ4v) is 5.17. The van der Waals surface area contributed by atoms with E-state index < -0.39 is 58.8 Å². The van der Waals surface area contributed by atoms with E-state index in [1.807, 2.05) is 6.92 Å². The Bertz CT molecular complexity index is 540. The average Bonchev–Trinajstić information content (AvgIpc) is 3.20. The maximum absolute atomic E-state index is 12.8. The predicted octanol–water partition coefficient (Wildman–Crippen LogP) is -0.550. The van der Waals surface area contributed by atoms with Crippen LogP contribution in [-0.4, -0.2) is 58.9 Å². The van der Waals surface area contributed by atoms with Crippen LogP contribution in [0.1, 0.15) is 26.7 Å². The molecule has 2 N–H and O–H groups in total. The van der Waals surface area contributed by atoms with Gasteiger partial charge in [-0.3, -0.25) is 9.59 Å². The number of hydrogen-bond acceptors (Lipinski definition) is 6. The van der Waals surface area contributed by atoms with Crippen molar-refractivity contribution in [3.8, 4) is 0 Å². The molecule has 2 saturated heterocycles. The summed E-state index contributed by atoms with van der Waals surface area (Å²) < 4.78 is 11.6. The van der Waals surface area contributed by atoms with Gasteiger partial charge in [0.1, 0.15) is 11.7 Å². The second kappa shape index (κ2) is 3.74. The summed E-state index contributed by atoms with van der Waals surface area (Å²) >= 11 is 0. The van der Waals surface area contributed by atoms with Gasteiger partial charge in [-0.2, -0.15) is 0 Å². The average molecular weight is 296 g/mol. The highest BCUT2D eigenvalue weighted by molar-refractivity contribution is 6.41. The van der Waals surface area contributed by atoms with E-state index in [2.05, 4.69) is 0 Å². The summed E-state index contributed by atoms with van der Waals surface area (Å²) in [6, 6.07) is 0. The van der Waals surface area contributed by atoms with Gasteiger partial charge in [-0.1, -0.05) is 13.8 Å². The third kappa shape index (κ3) is 1.22. The first-order chi connectivity index (χ1) is 9.84. The normalized spacial score (nSPS) is 58.5. The minimum absolute atomic E-state index is 0.308. The SMILES string of the molecule is CC1C[C@H]2O[C@@H]3[C@H](O)C[C@](C)([C@@]2(CO)C(=O)C1=O)[C@@]31CO1. The number of ketones is 2. The van der Waals surface area contributed by atoms with Gasteiger partial charge < -0.3 is 19.7 Å². The second-order valence-electron chi connectivity index (χ2n) is 7.29. The van der Waals surface area contributed by atoms with Crippen molar-refractivity contribution < 1.29 is 29.3 Å². The van der Waals surface area contributed by atoms with E-state index in [9.17, 15) is 19.8 Å². The highest BCUT2D eigenvalue weighted by atomic mass is 16.6. The number of Topliss-reactive ketones (excluding diaryl/α,β-unsaturated/α-hetero) is 2. The van der Waals surface area contributed by atoms with E-state index >= 15 is 0 Å².